The van der Waals surface area contributed by atoms with Gasteiger partial charge in [-0.1, -0.05) is 26.8 Å². The number of hydrogen-bond acceptors (Lipinski definition) is 7. The highest BCUT2D eigenvalue weighted by molar-refractivity contribution is 7.10. The number of fused-ring (bicyclic) bond motifs is 1. The van der Waals surface area contributed by atoms with Crippen molar-refractivity contribution in [1.82, 2.24) is 20.6 Å². The summed E-state index contributed by atoms with van der Waals surface area (Å²) < 4.78 is 0. The Hall–Kier alpha value is -2.97. The van der Waals surface area contributed by atoms with Gasteiger partial charge in [-0.2, -0.15) is 4.98 Å². The highest BCUT2D eigenvalue weighted by atomic mass is 32.1. The Balaban J connectivity index is 1.42. The van der Waals surface area contributed by atoms with E-state index < -0.39 is 0 Å². The zero-order chi connectivity index (χ0) is 23.0. The Morgan fingerprint density at radius 1 is 1.12 bits per heavy atom. The van der Waals surface area contributed by atoms with Gasteiger partial charge < -0.3 is 21.3 Å². The van der Waals surface area contributed by atoms with Crippen LogP contribution in [0.2, 0.25) is 0 Å². The quantitative estimate of drug-likeness (QED) is 0.418. The fourth-order valence-corrected chi connectivity index (χ4v) is 4.74. The van der Waals surface area contributed by atoms with Gasteiger partial charge in [-0.15, -0.1) is 11.3 Å². The Bertz CT molecular complexity index is 1180. The van der Waals surface area contributed by atoms with Crippen molar-refractivity contribution in [3.63, 3.8) is 0 Å². The first-order chi connectivity index (χ1) is 15.8. The predicted molar refractivity (Wildman–Crippen MR) is 134 cm³/mol. The molecule has 172 valence electrons. The number of carbonyl (C=O) groups excluding carboxylic acids is 1. The summed E-state index contributed by atoms with van der Waals surface area (Å²) in [4.78, 5) is 23.3. The van der Waals surface area contributed by atoms with E-state index in [1.54, 1.807) is 17.5 Å². The molecular formula is C25H30N6OS. The molecule has 0 saturated heterocycles. The number of rotatable bonds is 6. The van der Waals surface area contributed by atoms with Crippen molar-refractivity contribution in [2.75, 3.05) is 17.2 Å². The minimum absolute atomic E-state index is 0.0666. The number of amides is 1. The summed E-state index contributed by atoms with van der Waals surface area (Å²) in [6, 6.07) is 8.74. The Morgan fingerprint density at radius 3 is 2.73 bits per heavy atom. The third-order valence-electron chi connectivity index (χ3n) is 5.90. The van der Waals surface area contributed by atoms with Crippen molar-refractivity contribution in [2.24, 2.45) is 0 Å². The van der Waals surface area contributed by atoms with E-state index in [0.29, 0.717) is 17.3 Å². The predicted octanol–water partition coefficient (Wildman–Crippen LogP) is 4.86. The molecule has 3 heterocycles. The third kappa shape index (κ3) is 5.17. The lowest BCUT2D eigenvalue weighted by molar-refractivity contribution is 0.0951. The van der Waals surface area contributed by atoms with Crippen molar-refractivity contribution >= 4 is 40.4 Å². The molecule has 1 aromatic carbocycles. The number of aromatic nitrogens is 2. The highest BCUT2D eigenvalue weighted by Gasteiger charge is 2.26. The summed E-state index contributed by atoms with van der Waals surface area (Å²) in [7, 11) is 0. The van der Waals surface area contributed by atoms with Gasteiger partial charge in [-0.3, -0.25) is 4.79 Å². The molecule has 4 N–H and O–H groups in total. The first kappa shape index (κ1) is 21.9. The number of nitrogens with one attached hydrogen (secondary N) is 4. The second-order valence-corrected chi connectivity index (χ2v) is 10.7. The van der Waals surface area contributed by atoms with Gasteiger partial charge in [-0.05, 0) is 60.5 Å². The van der Waals surface area contributed by atoms with Crippen LogP contribution in [-0.2, 0) is 18.4 Å². The summed E-state index contributed by atoms with van der Waals surface area (Å²) in [5, 5.41) is 15.2. The molecule has 1 fully saturated rings. The maximum absolute atomic E-state index is 12.8. The van der Waals surface area contributed by atoms with E-state index in [4.69, 9.17) is 4.98 Å². The normalized spacial score (nSPS) is 15.6. The lowest BCUT2D eigenvalue weighted by Crippen LogP contribution is -2.26. The zero-order valence-corrected chi connectivity index (χ0v) is 20.1. The fourth-order valence-electron chi connectivity index (χ4n) is 3.81. The summed E-state index contributed by atoms with van der Waals surface area (Å²) in [6.07, 6.45) is 4.67. The SMILES string of the molecule is CC(C)(C)c1cc(Nc2nc(Nc3ccc4c(c3)CCNC4)ncc2C(=O)NC2CC2)cs1. The molecule has 0 bridgehead atoms. The van der Waals surface area contributed by atoms with Crippen molar-refractivity contribution in [1.29, 1.82) is 0 Å². The fraction of sp³-hybridized carbons (Fsp3) is 0.400. The molecule has 1 amide bonds. The summed E-state index contributed by atoms with van der Waals surface area (Å²) in [5.74, 6) is 0.825. The van der Waals surface area contributed by atoms with Crippen molar-refractivity contribution in [3.05, 3.63) is 57.4 Å². The van der Waals surface area contributed by atoms with Gasteiger partial charge in [0.15, 0.2) is 0 Å². The second-order valence-electron chi connectivity index (χ2n) is 9.81. The average Bonchev–Trinajstić information content (AvgIpc) is 3.46. The molecule has 0 radical (unpaired) electrons. The van der Waals surface area contributed by atoms with Crippen LogP contribution in [-0.4, -0.2) is 28.5 Å². The van der Waals surface area contributed by atoms with Gasteiger partial charge in [0, 0.05) is 34.7 Å². The summed E-state index contributed by atoms with van der Waals surface area (Å²) in [5.41, 5.74) is 5.06. The Labute approximate surface area is 198 Å². The van der Waals surface area contributed by atoms with E-state index in [0.717, 1.165) is 43.7 Å². The van der Waals surface area contributed by atoms with E-state index in [1.165, 1.54) is 16.0 Å². The van der Waals surface area contributed by atoms with E-state index in [9.17, 15) is 4.79 Å². The smallest absolute Gasteiger partial charge is 0.256 e. The lowest BCUT2D eigenvalue weighted by Gasteiger charge is -2.18. The Kier molecular flexibility index (Phi) is 5.80. The van der Waals surface area contributed by atoms with E-state index in [-0.39, 0.29) is 17.4 Å². The van der Waals surface area contributed by atoms with Crippen LogP contribution in [0.15, 0.2) is 35.8 Å². The van der Waals surface area contributed by atoms with Crippen LogP contribution in [0, 0.1) is 0 Å². The minimum Gasteiger partial charge on any atom is -0.349 e. The molecule has 1 aliphatic carbocycles. The van der Waals surface area contributed by atoms with Gasteiger partial charge in [0.2, 0.25) is 5.95 Å². The number of thiophene rings is 1. The van der Waals surface area contributed by atoms with Gasteiger partial charge in [0.05, 0.1) is 5.69 Å². The molecule has 33 heavy (non-hydrogen) atoms. The van der Waals surface area contributed by atoms with Crippen molar-refractivity contribution in [3.8, 4) is 0 Å². The van der Waals surface area contributed by atoms with Crippen LogP contribution >= 0.6 is 11.3 Å². The molecule has 8 heteroatoms. The average molecular weight is 463 g/mol. The highest BCUT2D eigenvalue weighted by Crippen LogP contribution is 2.33. The zero-order valence-electron chi connectivity index (χ0n) is 19.3. The van der Waals surface area contributed by atoms with Crippen LogP contribution in [0.5, 0.6) is 0 Å². The van der Waals surface area contributed by atoms with Crippen LogP contribution in [0.25, 0.3) is 0 Å². The van der Waals surface area contributed by atoms with Gasteiger partial charge >= 0.3 is 0 Å². The molecule has 0 spiro atoms. The van der Waals surface area contributed by atoms with Gasteiger partial charge in [0.25, 0.3) is 5.91 Å². The van der Waals surface area contributed by atoms with Crippen LogP contribution in [0.3, 0.4) is 0 Å². The maximum atomic E-state index is 12.8. The second kappa shape index (κ2) is 8.76. The topological polar surface area (TPSA) is 91.0 Å². The van der Waals surface area contributed by atoms with Crippen LogP contribution < -0.4 is 21.3 Å². The number of anilines is 4. The molecule has 7 nitrogen and oxygen atoms in total. The summed E-state index contributed by atoms with van der Waals surface area (Å²) in [6.45, 7) is 8.47. The number of hydrogen-bond donors (Lipinski definition) is 4. The third-order valence-corrected chi connectivity index (χ3v) is 7.25. The van der Waals surface area contributed by atoms with Gasteiger partial charge in [0.1, 0.15) is 11.4 Å². The number of nitrogens with zero attached hydrogens (tertiary/aromatic N) is 2. The van der Waals surface area contributed by atoms with E-state index >= 15 is 0 Å². The van der Waals surface area contributed by atoms with Gasteiger partial charge in [-0.25, -0.2) is 4.98 Å². The van der Waals surface area contributed by atoms with E-state index in [1.807, 2.05) is 6.07 Å². The standard InChI is InChI=1S/C25H30N6OS/c1-25(2,3)21-11-19(14-33-21)28-22-20(23(32)29-17-6-7-17)13-27-24(31-22)30-18-5-4-16-12-26-9-8-15(16)10-18/h4-5,10-11,13-14,17,26H,6-9,12H2,1-3H3,(H,29,32)(H2,27,28,30,31). The molecule has 3 aromatic rings. The lowest BCUT2D eigenvalue weighted by atomic mass is 9.95. The Morgan fingerprint density at radius 2 is 1.97 bits per heavy atom. The molecule has 5 rings (SSSR count). The van der Waals surface area contributed by atoms with Crippen molar-refractivity contribution in [2.45, 2.75) is 58.0 Å². The monoisotopic (exact) mass is 462 g/mol. The van der Waals surface area contributed by atoms with Crippen LogP contribution in [0.4, 0.5) is 23.1 Å². The van der Waals surface area contributed by atoms with Crippen molar-refractivity contribution < 1.29 is 4.79 Å². The first-order valence-electron chi connectivity index (χ1n) is 11.5. The molecule has 1 aliphatic heterocycles. The van der Waals surface area contributed by atoms with E-state index in [2.05, 4.69) is 70.6 Å². The molecule has 0 atom stereocenters. The molecule has 1 saturated carbocycles. The summed E-state index contributed by atoms with van der Waals surface area (Å²) >= 11 is 1.70. The number of benzene rings is 1. The first-order valence-corrected chi connectivity index (χ1v) is 12.4. The number of carbonyl (C=O) groups is 1. The molecule has 2 aromatic heterocycles. The maximum Gasteiger partial charge on any atom is 0.256 e. The molecule has 0 unspecified atom stereocenters. The molecule has 2 aliphatic rings. The minimum atomic E-state index is -0.140. The van der Waals surface area contributed by atoms with Crippen LogP contribution in [0.1, 0.15) is 60.0 Å². The molecular weight excluding hydrogens is 432 g/mol. The largest absolute Gasteiger partial charge is 0.349 e.